The van der Waals surface area contributed by atoms with E-state index in [-0.39, 0.29) is 0 Å². The highest BCUT2D eigenvalue weighted by molar-refractivity contribution is 5.46. The Hall–Kier alpha value is -0.720. The molecule has 0 unspecified atom stereocenters. The van der Waals surface area contributed by atoms with E-state index in [4.69, 9.17) is 0 Å². The first-order valence-corrected chi connectivity index (χ1v) is 5.77. The van der Waals surface area contributed by atoms with Crippen molar-refractivity contribution >= 4 is 0 Å². The van der Waals surface area contributed by atoms with Crippen LogP contribution in [-0.4, -0.2) is 18.0 Å². The van der Waals surface area contributed by atoms with E-state index in [1.165, 1.54) is 37.9 Å². The van der Waals surface area contributed by atoms with Crippen LogP contribution in [0.2, 0.25) is 0 Å². The molecule has 77 valence electrons. The van der Waals surface area contributed by atoms with E-state index >= 15 is 0 Å². The van der Waals surface area contributed by atoms with Crippen molar-refractivity contribution in [1.82, 2.24) is 4.90 Å². The number of rotatable bonds is 2. The minimum absolute atomic E-state index is 0.771. The van der Waals surface area contributed by atoms with E-state index in [2.05, 4.69) is 37.3 Å². The maximum atomic E-state index is 2.59. The quantitative estimate of drug-likeness (QED) is 0.646. The number of nitrogens with zero attached hydrogens (tertiary/aromatic N) is 1. The van der Waals surface area contributed by atoms with Gasteiger partial charge >= 0.3 is 0 Å². The molecule has 0 bridgehead atoms. The Bertz CT molecular complexity index is 260. The summed E-state index contributed by atoms with van der Waals surface area (Å²) in [5.74, 6) is 0.771. The fourth-order valence-electron chi connectivity index (χ4n) is 2.24. The molecule has 0 atom stereocenters. The number of hydrogen-bond acceptors (Lipinski definition) is 1. The lowest BCUT2D eigenvalue weighted by atomic mass is 9.94. The molecule has 1 aliphatic carbocycles. The summed E-state index contributed by atoms with van der Waals surface area (Å²) >= 11 is 0. The Kier molecular flexibility index (Phi) is 2.95. The highest BCUT2D eigenvalue weighted by atomic mass is 15.1. The second kappa shape index (κ2) is 4.20. The van der Waals surface area contributed by atoms with Crippen molar-refractivity contribution in [2.24, 2.45) is 5.92 Å². The Balaban J connectivity index is 2.08. The van der Waals surface area contributed by atoms with E-state index in [0.29, 0.717) is 0 Å². The third-order valence-electron chi connectivity index (χ3n) is 2.94. The molecular formula is C13H20N. The molecule has 0 spiro atoms. The fourth-order valence-corrected chi connectivity index (χ4v) is 2.24. The third kappa shape index (κ3) is 2.02. The number of hydrogen-bond donors (Lipinski definition) is 0. The normalized spacial score (nSPS) is 26.9. The maximum Gasteiger partial charge on any atom is 0.0198 e. The van der Waals surface area contributed by atoms with Gasteiger partial charge in [-0.2, -0.15) is 0 Å². The lowest BCUT2D eigenvalue weighted by Gasteiger charge is -2.35. The summed E-state index contributed by atoms with van der Waals surface area (Å²) in [4.78, 5) is 2.59. The van der Waals surface area contributed by atoms with Crippen LogP contribution in [-0.2, 0) is 0 Å². The van der Waals surface area contributed by atoms with Crippen molar-refractivity contribution in [2.45, 2.75) is 33.1 Å². The molecule has 1 nitrogen and oxygen atoms in total. The van der Waals surface area contributed by atoms with Gasteiger partial charge in [0.25, 0.3) is 0 Å². The molecule has 0 saturated carbocycles. The molecule has 2 rings (SSSR count). The van der Waals surface area contributed by atoms with Gasteiger partial charge in [-0.25, -0.2) is 0 Å². The van der Waals surface area contributed by atoms with E-state index < -0.39 is 0 Å². The second-order valence-electron chi connectivity index (χ2n) is 4.72. The lowest BCUT2D eigenvalue weighted by molar-refractivity contribution is 0.259. The van der Waals surface area contributed by atoms with E-state index in [9.17, 15) is 0 Å². The largest absolute Gasteiger partial charge is 0.374 e. The Morgan fingerprint density at radius 3 is 2.71 bits per heavy atom. The first-order valence-electron chi connectivity index (χ1n) is 5.77. The zero-order chi connectivity index (χ0) is 9.97. The molecule has 0 N–H and O–H groups in total. The molecule has 0 amide bonds. The summed E-state index contributed by atoms with van der Waals surface area (Å²) in [6.07, 6.45) is 10.7. The molecule has 0 aromatic heterocycles. The van der Waals surface area contributed by atoms with Crippen molar-refractivity contribution < 1.29 is 0 Å². The molecule has 1 radical (unpaired) electrons. The van der Waals surface area contributed by atoms with Crippen molar-refractivity contribution in [3.8, 4) is 0 Å². The van der Waals surface area contributed by atoms with E-state index in [1.807, 2.05) is 0 Å². The van der Waals surface area contributed by atoms with Gasteiger partial charge in [-0.3, -0.25) is 0 Å². The Morgan fingerprint density at radius 1 is 1.36 bits per heavy atom. The average molecular weight is 190 g/mol. The molecule has 1 aliphatic heterocycles. The van der Waals surface area contributed by atoms with Gasteiger partial charge in [0.1, 0.15) is 0 Å². The van der Waals surface area contributed by atoms with Crippen LogP contribution in [0.15, 0.2) is 23.4 Å². The predicted octanol–water partition coefficient (Wildman–Crippen LogP) is 3.16. The maximum absolute atomic E-state index is 2.59. The minimum Gasteiger partial charge on any atom is -0.374 e. The van der Waals surface area contributed by atoms with Crippen LogP contribution in [0.3, 0.4) is 0 Å². The van der Waals surface area contributed by atoms with Gasteiger partial charge in [0, 0.05) is 25.2 Å². The van der Waals surface area contributed by atoms with Gasteiger partial charge in [0.2, 0.25) is 0 Å². The van der Waals surface area contributed by atoms with Gasteiger partial charge in [-0.15, -0.1) is 0 Å². The molecule has 2 aliphatic rings. The molecular weight excluding hydrogens is 170 g/mol. The molecule has 1 saturated heterocycles. The highest BCUT2D eigenvalue weighted by Gasteiger charge is 2.19. The summed E-state index contributed by atoms with van der Waals surface area (Å²) in [6, 6.07) is 0. The summed E-state index contributed by atoms with van der Waals surface area (Å²) < 4.78 is 0. The lowest BCUT2D eigenvalue weighted by Crippen LogP contribution is -2.32. The topological polar surface area (TPSA) is 3.24 Å². The minimum atomic E-state index is 0.771. The van der Waals surface area contributed by atoms with Gasteiger partial charge in [0.15, 0.2) is 0 Å². The highest BCUT2D eigenvalue weighted by Crippen LogP contribution is 2.29. The molecule has 14 heavy (non-hydrogen) atoms. The number of allylic oxidation sites excluding steroid dienone is 4. The van der Waals surface area contributed by atoms with E-state index in [0.717, 1.165) is 5.92 Å². The molecule has 1 heteroatoms. The Morgan fingerprint density at radius 2 is 2.14 bits per heavy atom. The molecule has 1 heterocycles. The first-order chi connectivity index (χ1) is 6.77. The zero-order valence-corrected chi connectivity index (χ0v) is 9.29. The molecule has 1 fully saturated rings. The third-order valence-corrected chi connectivity index (χ3v) is 2.94. The van der Waals surface area contributed by atoms with Crippen molar-refractivity contribution in [2.75, 3.05) is 13.1 Å². The van der Waals surface area contributed by atoms with Crippen LogP contribution in [0.1, 0.15) is 33.1 Å². The summed E-state index contributed by atoms with van der Waals surface area (Å²) in [7, 11) is 0. The summed E-state index contributed by atoms with van der Waals surface area (Å²) in [6.45, 7) is 7.09. The molecule has 0 aromatic rings. The van der Waals surface area contributed by atoms with Gasteiger partial charge < -0.3 is 4.90 Å². The van der Waals surface area contributed by atoms with Crippen molar-refractivity contribution in [3.63, 3.8) is 0 Å². The SMILES string of the molecule is CC(C)CN1CCCCC1=C1[CH]C=C1. The standard InChI is InChI=1S/C13H20N/c1-11(2)10-14-9-4-3-8-13(14)12-6-5-7-12/h5-7,11H,3-4,8-10H2,1-2H3. The summed E-state index contributed by atoms with van der Waals surface area (Å²) in [5.41, 5.74) is 3.07. The van der Waals surface area contributed by atoms with Crippen LogP contribution in [0, 0.1) is 12.3 Å². The van der Waals surface area contributed by atoms with Crippen LogP contribution in [0.25, 0.3) is 0 Å². The Labute approximate surface area is 87.5 Å². The van der Waals surface area contributed by atoms with E-state index in [1.54, 1.807) is 5.70 Å². The van der Waals surface area contributed by atoms with Crippen molar-refractivity contribution in [3.05, 3.63) is 29.8 Å². The molecule has 0 aromatic carbocycles. The number of piperidine rings is 1. The van der Waals surface area contributed by atoms with Crippen LogP contribution >= 0.6 is 0 Å². The van der Waals surface area contributed by atoms with Crippen LogP contribution in [0.5, 0.6) is 0 Å². The second-order valence-corrected chi connectivity index (χ2v) is 4.72. The van der Waals surface area contributed by atoms with Gasteiger partial charge in [-0.05, 0) is 30.8 Å². The average Bonchev–Trinajstić information content (AvgIpc) is 2.04. The predicted molar refractivity (Wildman–Crippen MR) is 60.7 cm³/mol. The van der Waals surface area contributed by atoms with Crippen molar-refractivity contribution in [1.29, 1.82) is 0 Å². The number of likely N-dealkylation sites (tertiary alicyclic amines) is 1. The van der Waals surface area contributed by atoms with Gasteiger partial charge in [-0.1, -0.05) is 26.0 Å². The fraction of sp³-hybridized carbons (Fsp3) is 0.615. The monoisotopic (exact) mass is 190 g/mol. The summed E-state index contributed by atoms with van der Waals surface area (Å²) in [5, 5.41) is 0. The van der Waals surface area contributed by atoms with Crippen LogP contribution < -0.4 is 0 Å². The van der Waals surface area contributed by atoms with Gasteiger partial charge in [0.05, 0.1) is 0 Å². The first kappa shape index (κ1) is 9.82. The zero-order valence-electron chi connectivity index (χ0n) is 9.29. The van der Waals surface area contributed by atoms with Crippen LogP contribution in [0.4, 0.5) is 0 Å². The smallest absolute Gasteiger partial charge is 0.0198 e.